The molecular formula is C52H93N3O2. The predicted octanol–water partition coefficient (Wildman–Crippen LogP) is 14.5. The van der Waals surface area contributed by atoms with E-state index in [9.17, 15) is 0 Å². The zero-order valence-corrected chi connectivity index (χ0v) is 39.6. The van der Waals surface area contributed by atoms with Crippen molar-refractivity contribution in [2.75, 3.05) is 32.8 Å². The molecule has 9 atom stereocenters. The Morgan fingerprint density at radius 3 is 1.12 bits per heavy atom. The van der Waals surface area contributed by atoms with E-state index in [-0.39, 0.29) is 12.2 Å². The third kappa shape index (κ3) is 21.4. The molecule has 0 spiro atoms. The van der Waals surface area contributed by atoms with Crippen LogP contribution < -0.4 is 0 Å². The van der Waals surface area contributed by atoms with E-state index >= 15 is 0 Å². The van der Waals surface area contributed by atoms with Crippen molar-refractivity contribution in [3.63, 3.8) is 0 Å². The summed E-state index contributed by atoms with van der Waals surface area (Å²) in [6, 6.07) is 0. The highest BCUT2D eigenvalue weighted by Gasteiger charge is 2.34. The summed E-state index contributed by atoms with van der Waals surface area (Å²) in [6.07, 6.45) is 16.7. The van der Waals surface area contributed by atoms with E-state index in [2.05, 4.69) is 117 Å². The molecule has 0 aromatic carbocycles. The zero-order chi connectivity index (χ0) is 43.2. The first-order valence-electron chi connectivity index (χ1n) is 23.1. The Kier molecular flexibility index (Phi) is 25.8. The van der Waals surface area contributed by atoms with Gasteiger partial charge in [-0.1, -0.05) is 150 Å². The lowest BCUT2D eigenvalue weighted by Crippen LogP contribution is -2.51. The monoisotopic (exact) mass is 792 g/mol. The van der Waals surface area contributed by atoms with Crippen molar-refractivity contribution in [1.82, 2.24) is 14.7 Å². The number of allylic oxidation sites excluding steroid dienone is 4. The van der Waals surface area contributed by atoms with Crippen LogP contribution in [0.2, 0.25) is 0 Å². The first-order chi connectivity index (χ1) is 26.8. The molecular weight excluding hydrogens is 699 g/mol. The van der Waals surface area contributed by atoms with Gasteiger partial charge in [0.2, 0.25) is 0 Å². The molecule has 1 heterocycles. The largest absolute Gasteiger partial charge is 0.378 e. The molecule has 1 aliphatic heterocycles. The van der Waals surface area contributed by atoms with Gasteiger partial charge in [0.05, 0.1) is 12.2 Å². The summed E-state index contributed by atoms with van der Waals surface area (Å²) in [4.78, 5) is 7.14. The van der Waals surface area contributed by atoms with E-state index in [1.807, 2.05) is 6.08 Å². The molecule has 1 saturated heterocycles. The number of nitrogens with zero attached hydrogens (tertiary/aromatic N) is 3. The van der Waals surface area contributed by atoms with Crippen LogP contribution in [0.15, 0.2) is 86.3 Å². The Bertz CT molecular complexity index is 1180. The van der Waals surface area contributed by atoms with Gasteiger partial charge in [0.15, 0.2) is 0 Å². The average Bonchev–Trinajstić information content (AvgIpc) is 3.17. The molecule has 0 aliphatic carbocycles. The highest BCUT2D eigenvalue weighted by Crippen LogP contribution is 2.35. The van der Waals surface area contributed by atoms with Gasteiger partial charge in [0, 0.05) is 32.8 Å². The van der Waals surface area contributed by atoms with E-state index < -0.39 is 0 Å². The fraction of sp³-hybridized carbons (Fsp3) is 0.731. The van der Waals surface area contributed by atoms with E-state index in [0.29, 0.717) is 41.4 Å². The first kappa shape index (κ1) is 52.5. The van der Waals surface area contributed by atoms with Gasteiger partial charge >= 0.3 is 0 Å². The van der Waals surface area contributed by atoms with Gasteiger partial charge in [0.1, 0.15) is 17.5 Å². The summed E-state index contributed by atoms with van der Waals surface area (Å²) >= 11 is 0. The molecule has 9 unspecified atom stereocenters. The quantitative estimate of drug-likeness (QED) is 0.0488. The second kappa shape index (κ2) is 28.1. The van der Waals surface area contributed by atoms with E-state index in [4.69, 9.17) is 29.2 Å². The lowest BCUT2D eigenvalue weighted by atomic mass is 9.89. The fourth-order valence-corrected chi connectivity index (χ4v) is 7.89. The number of ether oxygens (including phenoxy) is 2. The predicted molar refractivity (Wildman–Crippen MR) is 251 cm³/mol. The van der Waals surface area contributed by atoms with Crippen LogP contribution in [0.25, 0.3) is 0 Å². The molecule has 0 aromatic rings. The van der Waals surface area contributed by atoms with Crippen LogP contribution in [0.1, 0.15) is 160 Å². The van der Waals surface area contributed by atoms with Crippen LogP contribution in [0.3, 0.4) is 0 Å². The Morgan fingerprint density at radius 2 is 0.789 bits per heavy atom. The highest BCUT2D eigenvalue weighted by molar-refractivity contribution is 5.22. The van der Waals surface area contributed by atoms with Gasteiger partial charge in [0.25, 0.3) is 0 Å². The van der Waals surface area contributed by atoms with Gasteiger partial charge < -0.3 is 24.2 Å². The summed E-state index contributed by atoms with van der Waals surface area (Å²) in [5.74, 6) is 6.78. The minimum atomic E-state index is 0.231. The Labute approximate surface area is 355 Å². The number of rotatable bonds is 33. The van der Waals surface area contributed by atoms with Crippen molar-refractivity contribution in [3.8, 4) is 0 Å². The molecule has 0 aromatic heterocycles. The standard InChI is InChI=1S/C52H93N3O2/c1-19-38(4)30-42(8)24-22-41(7)23-25-43(9)33-53-50(16)54(34-44(10)26-28-48(14)56-36-46(12)31-39(5)20-2)52(18)55(51(53)17)35-45(11)27-29-49(15)57-37-47(13)32-40(6)21-3/h19,41-49H,1,4-6,16-18,20-37H2,2-3,7-15H3. The third-order valence-electron chi connectivity index (χ3n) is 12.3. The molecule has 0 saturated carbocycles. The molecule has 328 valence electrons. The lowest BCUT2D eigenvalue weighted by Gasteiger charge is -2.50. The van der Waals surface area contributed by atoms with Crippen molar-refractivity contribution in [3.05, 3.63) is 86.3 Å². The van der Waals surface area contributed by atoms with Gasteiger partial charge in [-0.2, -0.15) is 0 Å². The topological polar surface area (TPSA) is 28.2 Å². The van der Waals surface area contributed by atoms with Gasteiger partial charge in [-0.3, -0.25) is 0 Å². The van der Waals surface area contributed by atoms with Crippen LogP contribution >= 0.6 is 0 Å². The lowest BCUT2D eigenvalue weighted by molar-refractivity contribution is 0.0323. The second-order valence-corrected chi connectivity index (χ2v) is 19.1. The highest BCUT2D eigenvalue weighted by atomic mass is 16.5. The van der Waals surface area contributed by atoms with E-state index in [1.165, 1.54) is 36.8 Å². The molecule has 5 heteroatoms. The van der Waals surface area contributed by atoms with E-state index in [0.717, 1.165) is 114 Å². The maximum absolute atomic E-state index is 6.30. The summed E-state index contributed by atoms with van der Waals surface area (Å²) in [5, 5.41) is 0. The van der Waals surface area contributed by atoms with Gasteiger partial charge in [-0.25, -0.2) is 0 Å². The van der Waals surface area contributed by atoms with Crippen LogP contribution in [0.4, 0.5) is 0 Å². The third-order valence-corrected chi connectivity index (χ3v) is 12.3. The van der Waals surface area contributed by atoms with Crippen molar-refractivity contribution in [2.45, 2.75) is 172 Å². The average molecular weight is 792 g/mol. The van der Waals surface area contributed by atoms with Crippen LogP contribution in [-0.2, 0) is 9.47 Å². The van der Waals surface area contributed by atoms with Crippen molar-refractivity contribution < 1.29 is 9.47 Å². The normalized spacial score (nSPS) is 18.4. The maximum Gasteiger partial charge on any atom is 0.108 e. The Morgan fingerprint density at radius 1 is 0.474 bits per heavy atom. The molecule has 5 nitrogen and oxygen atoms in total. The number of hydrogen-bond acceptors (Lipinski definition) is 5. The zero-order valence-electron chi connectivity index (χ0n) is 39.6. The molecule has 1 aliphatic rings. The molecule has 0 N–H and O–H groups in total. The summed E-state index contributed by atoms with van der Waals surface area (Å²) in [6.45, 7) is 60.0. The van der Waals surface area contributed by atoms with Crippen molar-refractivity contribution >= 4 is 0 Å². The van der Waals surface area contributed by atoms with E-state index in [1.54, 1.807) is 0 Å². The molecule has 0 radical (unpaired) electrons. The SMILES string of the molecule is C=CC(=C)CC(C)CCC(C)CCC(C)CN1C(=C)N(CC(C)CCC(C)OCC(C)CC(=C)CC)C(=C)N(CC(C)CCC(C)OCC(C)CC(=C)CC)C1=C. The molecule has 57 heavy (non-hydrogen) atoms. The van der Waals surface area contributed by atoms with Crippen molar-refractivity contribution in [1.29, 1.82) is 0 Å². The summed E-state index contributed by atoms with van der Waals surface area (Å²) < 4.78 is 12.6. The van der Waals surface area contributed by atoms with Crippen LogP contribution in [0.5, 0.6) is 0 Å². The molecule has 1 fully saturated rings. The second-order valence-electron chi connectivity index (χ2n) is 19.1. The van der Waals surface area contributed by atoms with Crippen LogP contribution in [-0.4, -0.2) is 59.8 Å². The molecule has 1 rings (SSSR count). The van der Waals surface area contributed by atoms with Gasteiger partial charge in [-0.15, -0.1) is 0 Å². The maximum atomic E-state index is 6.30. The number of hydrogen-bond donors (Lipinski definition) is 0. The Balaban J connectivity index is 2.97. The minimum Gasteiger partial charge on any atom is -0.378 e. The summed E-state index contributed by atoms with van der Waals surface area (Å²) in [5.41, 5.74) is 3.77. The van der Waals surface area contributed by atoms with Gasteiger partial charge in [-0.05, 0) is 119 Å². The van der Waals surface area contributed by atoms with Crippen molar-refractivity contribution in [2.24, 2.45) is 41.4 Å². The fourth-order valence-electron chi connectivity index (χ4n) is 7.89. The Hall–Kier alpha value is -2.50. The molecule has 0 bridgehead atoms. The molecule has 0 amide bonds. The first-order valence-corrected chi connectivity index (χ1v) is 23.1. The minimum absolute atomic E-state index is 0.231. The smallest absolute Gasteiger partial charge is 0.108 e. The summed E-state index contributed by atoms with van der Waals surface area (Å²) in [7, 11) is 0. The van der Waals surface area contributed by atoms with Crippen LogP contribution in [0, 0.1) is 41.4 Å².